The van der Waals surface area contributed by atoms with E-state index in [1.807, 2.05) is 13.1 Å². The molecule has 2 aromatic heterocycles. The molecule has 1 atom stereocenters. The van der Waals surface area contributed by atoms with Crippen molar-refractivity contribution in [2.75, 3.05) is 18.2 Å². The molecule has 0 aliphatic carbocycles. The first kappa shape index (κ1) is 11.2. The van der Waals surface area contributed by atoms with Gasteiger partial charge in [0, 0.05) is 17.8 Å². The molecule has 0 bridgehead atoms. The minimum absolute atomic E-state index is 0.0627. The summed E-state index contributed by atoms with van der Waals surface area (Å²) in [5, 5.41) is 9.84. The van der Waals surface area contributed by atoms with Crippen LogP contribution in [0.4, 0.5) is 11.8 Å². The number of H-pyrrole nitrogens is 1. The van der Waals surface area contributed by atoms with Gasteiger partial charge in [-0.2, -0.15) is 15.1 Å². The lowest BCUT2D eigenvalue weighted by atomic mass is 10.2. The molecular weight excluding hydrogens is 220 g/mol. The molecule has 0 saturated carbocycles. The molecule has 0 fully saturated rings. The zero-order valence-corrected chi connectivity index (χ0v) is 9.64. The largest absolute Gasteiger partial charge is 0.481 e. The second-order valence-corrected chi connectivity index (χ2v) is 3.55. The number of anilines is 2. The van der Waals surface area contributed by atoms with Gasteiger partial charge in [-0.25, -0.2) is 0 Å². The summed E-state index contributed by atoms with van der Waals surface area (Å²) >= 11 is 0. The highest BCUT2D eigenvalue weighted by Crippen LogP contribution is 2.19. The summed E-state index contributed by atoms with van der Waals surface area (Å²) in [4.78, 5) is 7.98. The number of rotatable bonds is 4. The highest BCUT2D eigenvalue weighted by molar-refractivity contribution is 5.44. The third kappa shape index (κ3) is 2.63. The van der Waals surface area contributed by atoms with Crippen LogP contribution in [0.5, 0.6) is 5.88 Å². The van der Waals surface area contributed by atoms with E-state index in [4.69, 9.17) is 10.5 Å². The van der Waals surface area contributed by atoms with Crippen LogP contribution >= 0.6 is 0 Å². The number of aromatic nitrogens is 4. The van der Waals surface area contributed by atoms with Crippen molar-refractivity contribution in [2.24, 2.45) is 0 Å². The van der Waals surface area contributed by atoms with E-state index in [1.165, 1.54) is 7.11 Å². The van der Waals surface area contributed by atoms with Crippen LogP contribution < -0.4 is 15.8 Å². The topological polar surface area (TPSA) is 102 Å². The van der Waals surface area contributed by atoms with E-state index in [9.17, 15) is 0 Å². The molecule has 0 saturated heterocycles. The molecule has 7 heteroatoms. The Morgan fingerprint density at radius 3 is 2.94 bits per heavy atom. The van der Waals surface area contributed by atoms with E-state index >= 15 is 0 Å². The summed E-state index contributed by atoms with van der Waals surface area (Å²) in [6.07, 6.45) is 3.57. The molecule has 2 aromatic rings. The van der Waals surface area contributed by atoms with Crippen molar-refractivity contribution in [2.45, 2.75) is 13.0 Å². The predicted molar refractivity (Wildman–Crippen MR) is 63.6 cm³/mol. The maximum absolute atomic E-state index is 5.57. The fourth-order valence-corrected chi connectivity index (χ4v) is 1.42. The summed E-state index contributed by atoms with van der Waals surface area (Å²) in [6.45, 7) is 2.00. The van der Waals surface area contributed by atoms with E-state index in [0.29, 0.717) is 11.7 Å². The van der Waals surface area contributed by atoms with Gasteiger partial charge in [0.05, 0.1) is 19.3 Å². The molecule has 0 aliphatic heterocycles. The Kier molecular flexibility index (Phi) is 3.08. The lowest BCUT2D eigenvalue weighted by molar-refractivity contribution is 0.398. The number of hydrogen-bond donors (Lipinski definition) is 3. The number of nitrogens with zero attached hydrogens (tertiary/aromatic N) is 3. The summed E-state index contributed by atoms with van der Waals surface area (Å²) in [5.74, 6) is 1.22. The molecule has 17 heavy (non-hydrogen) atoms. The van der Waals surface area contributed by atoms with Gasteiger partial charge in [0.2, 0.25) is 11.8 Å². The Hall–Kier alpha value is -2.31. The van der Waals surface area contributed by atoms with Crippen LogP contribution in [0.25, 0.3) is 0 Å². The average Bonchev–Trinajstić information content (AvgIpc) is 2.81. The summed E-state index contributed by atoms with van der Waals surface area (Å²) in [5.41, 5.74) is 6.60. The highest BCUT2D eigenvalue weighted by Gasteiger charge is 2.09. The number of nitrogen functional groups attached to an aromatic ring is 1. The monoisotopic (exact) mass is 234 g/mol. The SMILES string of the molecule is COc1cc(NC(C)c2cn[nH]c2)nc(N)n1. The molecule has 0 aliphatic rings. The van der Waals surface area contributed by atoms with Crippen LogP contribution in [-0.4, -0.2) is 27.3 Å². The molecule has 4 N–H and O–H groups in total. The minimum atomic E-state index is 0.0627. The number of ether oxygens (including phenoxy) is 1. The van der Waals surface area contributed by atoms with E-state index in [0.717, 1.165) is 5.56 Å². The fraction of sp³-hybridized carbons (Fsp3) is 0.300. The quantitative estimate of drug-likeness (QED) is 0.728. The number of aromatic amines is 1. The van der Waals surface area contributed by atoms with Gasteiger partial charge in [0.1, 0.15) is 5.82 Å². The molecule has 2 rings (SSSR count). The summed E-state index contributed by atoms with van der Waals surface area (Å²) < 4.78 is 5.02. The lowest BCUT2D eigenvalue weighted by Gasteiger charge is -2.13. The third-order valence-corrected chi connectivity index (χ3v) is 2.31. The van der Waals surface area contributed by atoms with Crippen LogP contribution in [-0.2, 0) is 0 Å². The van der Waals surface area contributed by atoms with E-state index < -0.39 is 0 Å². The Morgan fingerprint density at radius 1 is 1.47 bits per heavy atom. The first-order valence-electron chi connectivity index (χ1n) is 5.13. The Labute approximate surface area is 98.4 Å². The van der Waals surface area contributed by atoms with Gasteiger partial charge in [0.15, 0.2) is 0 Å². The van der Waals surface area contributed by atoms with E-state index in [2.05, 4.69) is 25.5 Å². The highest BCUT2D eigenvalue weighted by atomic mass is 16.5. The first-order chi connectivity index (χ1) is 8.19. The fourth-order valence-electron chi connectivity index (χ4n) is 1.42. The maximum Gasteiger partial charge on any atom is 0.225 e. The van der Waals surface area contributed by atoms with Gasteiger partial charge < -0.3 is 15.8 Å². The van der Waals surface area contributed by atoms with Crippen molar-refractivity contribution < 1.29 is 4.74 Å². The zero-order chi connectivity index (χ0) is 12.3. The second-order valence-electron chi connectivity index (χ2n) is 3.55. The van der Waals surface area contributed by atoms with Crippen LogP contribution in [0.1, 0.15) is 18.5 Å². The minimum Gasteiger partial charge on any atom is -0.481 e. The van der Waals surface area contributed by atoms with Crippen LogP contribution in [0, 0.1) is 0 Å². The molecule has 7 nitrogen and oxygen atoms in total. The van der Waals surface area contributed by atoms with Crippen molar-refractivity contribution in [1.29, 1.82) is 0 Å². The average molecular weight is 234 g/mol. The molecular formula is C10H14N6O. The number of nitrogens with two attached hydrogens (primary N) is 1. The van der Waals surface area contributed by atoms with Crippen molar-refractivity contribution in [3.63, 3.8) is 0 Å². The maximum atomic E-state index is 5.57. The van der Waals surface area contributed by atoms with Gasteiger partial charge in [-0.15, -0.1) is 0 Å². The molecule has 0 radical (unpaired) electrons. The van der Waals surface area contributed by atoms with Crippen molar-refractivity contribution in [3.8, 4) is 5.88 Å². The normalized spacial score (nSPS) is 12.1. The molecule has 0 amide bonds. The van der Waals surface area contributed by atoms with Gasteiger partial charge in [-0.1, -0.05) is 0 Å². The second kappa shape index (κ2) is 4.69. The number of nitrogens with one attached hydrogen (secondary N) is 2. The Morgan fingerprint density at radius 2 is 2.29 bits per heavy atom. The van der Waals surface area contributed by atoms with Gasteiger partial charge >= 0.3 is 0 Å². The van der Waals surface area contributed by atoms with Crippen LogP contribution in [0.3, 0.4) is 0 Å². The van der Waals surface area contributed by atoms with E-state index in [1.54, 1.807) is 12.3 Å². The summed E-state index contributed by atoms with van der Waals surface area (Å²) in [6, 6.07) is 1.75. The van der Waals surface area contributed by atoms with Crippen molar-refractivity contribution >= 4 is 11.8 Å². The molecule has 0 spiro atoms. The van der Waals surface area contributed by atoms with Gasteiger partial charge in [-0.3, -0.25) is 5.10 Å². The molecule has 90 valence electrons. The van der Waals surface area contributed by atoms with Crippen molar-refractivity contribution in [3.05, 3.63) is 24.0 Å². The van der Waals surface area contributed by atoms with Crippen molar-refractivity contribution in [1.82, 2.24) is 20.2 Å². The zero-order valence-electron chi connectivity index (χ0n) is 9.64. The number of methoxy groups -OCH3 is 1. The smallest absolute Gasteiger partial charge is 0.225 e. The van der Waals surface area contributed by atoms with Gasteiger partial charge in [-0.05, 0) is 6.92 Å². The summed E-state index contributed by atoms with van der Waals surface area (Å²) in [7, 11) is 1.53. The lowest BCUT2D eigenvalue weighted by Crippen LogP contribution is -2.09. The number of hydrogen-bond acceptors (Lipinski definition) is 6. The standard InChI is InChI=1S/C10H14N6O/c1-6(7-4-12-13-5-7)14-8-3-9(17-2)16-10(11)15-8/h3-6H,1-2H3,(H,12,13)(H3,11,14,15,16). The van der Waals surface area contributed by atoms with Gasteiger partial charge in [0.25, 0.3) is 0 Å². The Bertz CT molecular complexity index is 484. The predicted octanol–water partition coefficient (Wildman–Crippen LogP) is 0.964. The molecule has 2 heterocycles. The Balaban J connectivity index is 2.15. The van der Waals surface area contributed by atoms with E-state index in [-0.39, 0.29) is 12.0 Å². The van der Waals surface area contributed by atoms with Crippen LogP contribution in [0.2, 0.25) is 0 Å². The molecule has 1 unspecified atom stereocenters. The first-order valence-corrected chi connectivity index (χ1v) is 5.13. The third-order valence-electron chi connectivity index (χ3n) is 2.31. The molecule has 0 aromatic carbocycles. The van der Waals surface area contributed by atoms with Crippen LogP contribution in [0.15, 0.2) is 18.5 Å².